The van der Waals surface area contributed by atoms with Crippen molar-refractivity contribution >= 4 is 5.91 Å². The lowest BCUT2D eigenvalue weighted by Gasteiger charge is -2.08. The zero-order valence-electron chi connectivity index (χ0n) is 16.0. The Hall–Kier alpha value is -2.89. The summed E-state index contributed by atoms with van der Waals surface area (Å²) in [6.07, 6.45) is 0. The Morgan fingerprint density at radius 1 is 1.00 bits per heavy atom. The lowest BCUT2D eigenvalue weighted by molar-refractivity contribution is 0.0949. The highest BCUT2D eigenvalue weighted by Crippen LogP contribution is 2.18. The Morgan fingerprint density at radius 2 is 1.69 bits per heavy atom. The van der Waals surface area contributed by atoms with E-state index in [0.717, 1.165) is 40.6 Å². The van der Waals surface area contributed by atoms with Crippen molar-refractivity contribution in [2.24, 2.45) is 0 Å². The van der Waals surface area contributed by atoms with Crippen LogP contribution in [0.4, 0.5) is 0 Å². The Labute approximate surface area is 153 Å². The van der Waals surface area contributed by atoms with E-state index in [4.69, 9.17) is 0 Å². The van der Waals surface area contributed by atoms with Crippen molar-refractivity contribution in [3.63, 3.8) is 0 Å². The van der Waals surface area contributed by atoms with E-state index in [9.17, 15) is 4.79 Å². The van der Waals surface area contributed by atoms with E-state index in [-0.39, 0.29) is 5.91 Å². The van der Waals surface area contributed by atoms with Gasteiger partial charge in [-0.15, -0.1) is 0 Å². The Morgan fingerprint density at radius 3 is 2.31 bits per heavy atom. The van der Waals surface area contributed by atoms with Gasteiger partial charge in [-0.2, -0.15) is 10.2 Å². The van der Waals surface area contributed by atoms with Crippen molar-refractivity contribution in [2.45, 2.75) is 47.7 Å². The van der Waals surface area contributed by atoms with Gasteiger partial charge in [0.15, 0.2) is 0 Å². The fourth-order valence-electron chi connectivity index (χ4n) is 3.34. The molecule has 1 amide bonds. The molecule has 0 unspecified atom stereocenters. The van der Waals surface area contributed by atoms with Crippen molar-refractivity contribution in [1.29, 1.82) is 0 Å². The van der Waals surface area contributed by atoms with Gasteiger partial charge in [0, 0.05) is 30.0 Å². The molecular weight excluding hydrogens is 326 g/mol. The summed E-state index contributed by atoms with van der Waals surface area (Å²) in [5.41, 5.74) is 6.34. The van der Waals surface area contributed by atoms with Crippen LogP contribution in [0.1, 0.15) is 45.6 Å². The molecule has 2 heterocycles. The first kappa shape index (κ1) is 17.9. The summed E-state index contributed by atoms with van der Waals surface area (Å²) >= 11 is 0. The lowest BCUT2D eigenvalue weighted by Crippen LogP contribution is -2.24. The van der Waals surface area contributed by atoms with E-state index >= 15 is 0 Å². The number of carbonyl (C=O) groups is 1. The van der Waals surface area contributed by atoms with Crippen LogP contribution >= 0.6 is 0 Å². The second-order valence-corrected chi connectivity index (χ2v) is 6.44. The molecule has 3 aromatic rings. The summed E-state index contributed by atoms with van der Waals surface area (Å²) in [5.74, 6) is -0.0917. The van der Waals surface area contributed by atoms with E-state index in [2.05, 4.69) is 15.5 Å². The minimum Gasteiger partial charge on any atom is -0.348 e. The van der Waals surface area contributed by atoms with Gasteiger partial charge in [0.1, 0.15) is 0 Å². The van der Waals surface area contributed by atoms with Crippen molar-refractivity contribution in [3.05, 3.63) is 64.2 Å². The van der Waals surface area contributed by atoms with Gasteiger partial charge in [-0.1, -0.05) is 18.2 Å². The largest absolute Gasteiger partial charge is 0.348 e. The number of hydrogen-bond donors (Lipinski definition) is 1. The first-order valence-corrected chi connectivity index (χ1v) is 8.86. The third kappa shape index (κ3) is 3.14. The average molecular weight is 351 g/mol. The number of carbonyl (C=O) groups excluding carboxylic acids is 1. The SMILES string of the molecule is CCn1nc(C)c(C(=O)NCc2c(C)nn(-c3ccccc3)c2C)c1C. The van der Waals surface area contributed by atoms with Crippen molar-refractivity contribution in [1.82, 2.24) is 24.9 Å². The number of nitrogens with one attached hydrogen (secondary N) is 1. The van der Waals surface area contributed by atoms with Crippen LogP contribution in [0, 0.1) is 27.7 Å². The van der Waals surface area contributed by atoms with Gasteiger partial charge in [-0.3, -0.25) is 9.48 Å². The van der Waals surface area contributed by atoms with Crippen LogP contribution in [0.5, 0.6) is 0 Å². The molecule has 0 saturated carbocycles. The Balaban J connectivity index is 1.82. The highest BCUT2D eigenvalue weighted by Gasteiger charge is 2.19. The molecule has 0 fully saturated rings. The number of rotatable bonds is 5. The third-order valence-corrected chi connectivity index (χ3v) is 4.78. The van der Waals surface area contributed by atoms with E-state index < -0.39 is 0 Å². The monoisotopic (exact) mass is 351 g/mol. The van der Waals surface area contributed by atoms with Gasteiger partial charge in [0.05, 0.1) is 22.6 Å². The molecule has 6 nitrogen and oxygen atoms in total. The molecule has 0 atom stereocenters. The summed E-state index contributed by atoms with van der Waals surface area (Å²) < 4.78 is 3.77. The van der Waals surface area contributed by atoms with Gasteiger partial charge in [-0.05, 0) is 46.8 Å². The number of benzene rings is 1. The number of aryl methyl sites for hydroxylation is 3. The highest BCUT2D eigenvalue weighted by molar-refractivity contribution is 5.96. The predicted octanol–water partition coefficient (Wildman–Crippen LogP) is 3.25. The quantitative estimate of drug-likeness (QED) is 0.767. The summed E-state index contributed by atoms with van der Waals surface area (Å²) in [7, 11) is 0. The van der Waals surface area contributed by atoms with Crippen LogP contribution in [-0.2, 0) is 13.1 Å². The molecule has 136 valence electrons. The normalized spacial score (nSPS) is 11.0. The molecule has 3 rings (SSSR count). The van der Waals surface area contributed by atoms with Gasteiger partial charge in [0.2, 0.25) is 0 Å². The predicted molar refractivity (Wildman–Crippen MR) is 102 cm³/mol. The molecule has 6 heteroatoms. The zero-order chi connectivity index (χ0) is 18.8. The molecule has 26 heavy (non-hydrogen) atoms. The standard InChI is InChI=1S/C20H25N5O/c1-6-24-16(5)19(14(3)22-24)20(26)21-12-18-13(2)23-25(15(18)4)17-10-8-7-9-11-17/h7-11H,6,12H2,1-5H3,(H,21,26). The van der Waals surface area contributed by atoms with E-state index in [0.29, 0.717) is 12.1 Å². The minimum absolute atomic E-state index is 0.0917. The summed E-state index contributed by atoms with van der Waals surface area (Å²) in [6, 6.07) is 10.0. The second kappa shape index (κ2) is 7.15. The highest BCUT2D eigenvalue weighted by atomic mass is 16.1. The first-order valence-electron chi connectivity index (χ1n) is 8.86. The van der Waals surface area contributed by atoms with Crippen molar-refractivity contribution in [3.8, 4) is 5.69 Å². The van der Waals surface area contributed by atoms with Crippen LogP contribution in [-0.4, -0.2) is 25.5 Å². The number of aromatic nitrogens is 4. The molecule has 0 aliphatic heterocycles. The molecule has 0 bridgehead atoms. The van der Waals surface area contributed by atoms with Gasteiger partial charge >= 0.3 is 0 Å². The topological polar surface area (TPSA) is 64.7 Å². The number of para-hydroxylation sites is 1. The Bertz CT molecular complexity index is 937. The number of hydrogen-bond acceptors (Lipinski definition) is 3. The zero-order valence-corrected chi connectivity index (χ0v) is 16.0. The first-order chi connectivity index (χ1) is 12.4. The molecule has 0 aliphatic rings. The van der Waals surface area contributed by atoms with Crippen molar-refractivity contribution < 1.29 is 4.79 Å². The molecule has 2 aromatic heterocycles. The smallest absolute Gasteiger partial charge is 0.255 e. The van der Waals surface area contributed by atoms with E-state index in [1.165, 1.54) is 0 Å². The van der Waals surface area contributed by atoms with Gasteiger partial charge in [0.25, 0.3) is 5.91 Å². The summed E-state index contributed by atoms with van der Waals surface area (Å²) in [5, 5.41) is 12.1. The average Bonchev–Trinajstić information content (AvgIpc) is 3.09. The fraction of sp³-hybridized carbons (Fsp3) is 0.350. The van der Waals surface area contributed by atoms with Crippen LogP contribution in [0.3, 0.4) is 0 Å². The minimum atomic E-state index is -0.0917. The van der Waals surface area contributed by atoms with E-state index in [1.807, 2.05) is 74.3 Å². The molecule has 0 aliphatic carbocycles. The van der Waals surface area contributed by atoms with Crippen LogP contribution in [0.2, 0.25) is 0 Å². The lowest BCUT2D eigenvalue weighted by atomic mass is 10.1. The van der Waals surface area contributed by atoms with Crippen LogP contribution < -0.4 is 5.32 Å². The number of nitrogens with zero attached hydrogens (tertiary/aromatic N) is 4. The third-order valence-electron chi connectivity index (χ3n) is 4.78. The maximum Gasteiger partial charge on any atom is 0.255 e. The molecule has 0 spiro atoms. The summed E-state index contributed by atoms with van der Waals surface area (Å²) in [6.45, 7) is 11.0. The van der Waals surface area contributed by atoms with Crippen LogP contribution in [0.15, 0.2) is 30.3 Å². The second-order valence-electron chi connectivity index (χ2n) is 6.44. The molecule has 0 radical (unpaired) electrons. The van der Waals surface area contributed by atoms with E-state index in [1.54, 1.807) is 0 Å². The maximum atomic E-state index is 12.7. The van der Waals surface area contributed by atoms with Crippen LogP contribution in [0.25, 0.3) is 5.69 Å². The van der Waals surface area contributed by atoms with Crippen molar-refractivity contribution in [2.75, 3.05) is 0 Å². The molecule has 1 N–H and O–H groups in total. The summed E-state index contributed by atoms with van der Waals surface area (Å²) in [4.78, 5) is 12.7. The fourth-order valence-corrected chi connectivity index (χ4v) is 3.34. The molecule has 1 aromatic carbocycles. The molecular formula is C20H25N5O. The maximum absolute atomic E-state index is 12.7. The Kier molecular flexibility index (Phi) is 4.93. The van der Waals surface area contributed by atoms with Gasteiger partial charge < -0.3 is 5.32 Å². The van der Waals surface area contributed by atoms with Gasteiger partial charge in [-0.25, -0.2) is 4.68 Å². The number of amides is 1. The molecule has 0 saturated heterocycles.